The van der Waals surface area contributed by atoms with E-state index in [0.29, 0.717) is 36.6 Å². The molecule has 1 atom stereocenters. The maximum Gasteiger partial charge on any atom is 0.344 e. The van der Waals surface area contributed by atoms with Crippen LogP contribution in [0.5, 0.6) is 0 Å². The summed E-state index contributed by atoms with van der Waals surface area (Å²) in [6.45, 7) is 2.43. The molecule has 0 bridgehead atoms. The third kappa shape index (κ3) is 4.28. The topological polar surface area (TPSA) is 108 Å². The molecule has 3 aromatic rings. The number of carbonyl (C=O) groups excluding carboxylic acids is 3. The van der Waals surface area contributed by atoms with Crippen LogP contribution in [0, 0.1) is 0 Å². The lowest BCUT2D eigenvalue weighted by Crippen LogP contribution is -2.51. The van der Waals surface area contributed by atoms with Gasteiger partial charge in [0.15, 0.2) is 0 Å². The standard InChI is InChI=1S/C23H24N4O5/c1-2-23(17-8-4-3-5-9-17)21(29)27(22(30)24-23)25-20(28)16-26(14-18-10-6-12-31-18)15-19-11-7-13-32-19/h3-13H,2,14-16H2,1H3,(H,24,30)(H,25,28)/t23-/m1/s1. The monoisotopic (exact) mass is 436 g/mol. The zero-order chi connectivity index (χ0) is 22.6. The van der Waals surface area contributed by atoms with E-state index < -0.39 is 23.4 Å². The molecule has 0 unspecified atom stereocenters. The number of nitrogens with zero attached hydrogens (tertiary/aromatic N) is 2. The Labute approximate surface area is 184 Å². The van der Waals surface area contributed by atoms with E-state index in [9.17, 15) is 14.4 Å². The van der Waals surface area contributed by atoms with E-state index in [4.69, 9.17) is 8.83 Å². The Morgan fingerprint density at radius 2 is 1.62 bits per heavy atom. The van der Waals surface area contributed by atoms with Gasteiger partial charge in [0, 0.05) is 0 Å². The highest BCUT2D eigenvalue weighted by Crippen LogP contribution is 2.31. The first-order valence-electron chi connectivity index (χ1n) is 10.3. The SMILES string of the molecule is CC[C@]1(c2ccccc2)NC(=O)N(NC(=O)CN(Cc2ccco2)Cc2ccco2)C1=O. The van der Waals surface area contributed by atoms with Crippen molar-refractivity contribution in [3.63, 3.8) is 0 Å². The number of benzene rings is 1. The van der Waals surface area contributed by atoms with Gasteiger partial charge in [-0.2, -0.15) is 5.01 Å². The normalized spacial score (nSPS) is 18.2. The van der Waals surface area contributed by atoms with Crippen LogP contribution in [0.2, 0.25) is 0 Å². The minimum absolute atomic E-state index is 0.0804. The average molecular weight is 436 g/mol. The Morgan fingerprint density at radius 1 is 1.00 bits per heavy atom. The van der Waals surface area contributed by atoms with Crippen molar-refractivity contribution in [2.45, 2.75) is 32.0 Å². The number of furan rings is 2. The van der Waals surface area contributed by atoms with Gasteiger partial charge in [0.1, 0.15) is 17.1 Å². The highest BCUT2D eigenvalue weighted by atomic mass is 16.3. The largest absolute Gasteiger partial charge is 0.468 e. The molecule has 3 heterocycles. The Balaban J connectivity index is 1.47. The van der Waals surface area contributed by atoms with Gasteiger partial charge in [-0.3, -0.25) is 19.9 Å². The molecule has 2 N–H and O–H groups in total. The van der Waals surface area contributed by atoms with E-state index in [1.54, 1.807) is 66.0 Å². The summed E-state index contributed by atoms with van der Waals surface area (Å²) in [5, 5.41) is 3.50. The molecule has 9 heteroatoms. The first kappa shape index (κ1) is 21.4. The summed E-state index contributed by atoms with van der Waals surface area (Å²) < 4.78 is 10.8. The smallest absolute Gasteiger partial charge is 0.344 e. The number of imide groups is 1. The van der Waals surface area contributed by atoms with Crippen LogP contribution in [0.15, 0.2) is 76.0 Å². The summed E-state index contributed by atoms with van der Waals surface area (Å²) in [5.74, 6) is 0.321. The molecule has 166 valence electrons. The van der Waals surface area contributed by atoms with Crippen molar-refractivity contribution in [1.29, 1.82) is 0 Å². The van der Waals surface area contributed by atoms with Crippen LogP contribution in [-0.2, 0) is 28.2 Å². The fourth-order valence-electron chi connectivity index (χ4n) is 3.82. The average Bonchev–Trinajstić information content (AvgIpc) is 3.54. The number of carbonyl (C=O) groups is 3. The predicted molar refractivity (Wildman–Crippen MR) is 113 cm³/mol. The number of amides is 4. The van der Waals surface area contributed by atoms with Gasteiger partial charge in [-0.25, -0.2) is 4.79 Å². The molecule has 2 aromatic heterocycles. The van der Waals surface area contributed by atoms with Gasteiger partial charge >= 0.3 is 6.03 Å². The molecule has 1 aliphatic heterocycles. The van der Waals surface area contributed by atoms with Crippen molar-refractivity contribution in [3.8, 4) is 0 Å². The second-order valence-electron chi connectivity index (χ2n) is 7.53. The molecule has 4 rings (SSSR count). The molecule has 9 nitrogen and oxygen atoms in total. The van der Waals surface area contributed by atoms with Crippen molar-refractivity contribution in [1.82, 2.24) is 20.7 Å². The molecule has 1 saturated heterocycles. The van der Waals surface area contributed by atoms with Crippen molar-refractivity contribution in [2.75, 3.05) is 6.54 Å². The van der Waals surface area contributed by atoms with Crippen LogP contribution in [0.25, 0.3) is 0 Å². The number of hydrogen-bond acceptors (Lipinski definition) is 6. The summed E-state index contributed by atoms with van der Waals surface area (Å²) in [5.41, 5.74) is 1.90. The zero-order valence-corrected chi connectivity index (χ0v) is 17.6. The minimum Gasteiger partial charge on any atom is -0.468 e. The van der Waals surface area contributed by atoms with E-state index in [1.165, 1.54) is 0 Å². The van der Waals surface area contributed by atoms with Gasteiger partial charge in [-0.15, -0.1) is 0 Å². The highest BCUT2D eigenvalue weighted by Gasteiger charge is 2.52. The summed E-state index contributed by atoms with van der Waals surface area (Å²) in [6, 6.07) is 15.5. The van der Waals surface area contributed by atoms with Gasteiger partial charge in [0.2, 0.25) is 0 Å². The number of hydrogen-bond donors (Lipinski definition) is 2. The van der Waals surface area contributed by atoms with Crippen LogP contribution in [-0.4, -0.2) is 34.3 Å². The van der Waals surface area contributed by atoms with E-state index in [1.807, 2.05) is 13.0 Å². The molecule has 1 aromatic carbocycles. The first-order valence-corrected chi connectivity index (χ1v) is 10.3. The quantitative estimate of drug-likeness (QED) is 0.500. The number of hydrazine groups is 1. The van der Waals surface area contributed by atoms with Crippen LogP contribution in [0.1, 0.15) is 30.4 Å². The molecule has 1 fully saturated rings. The van der Waals surface area contributed by atoms with E-state index in [0.717, 1.165) is 5.01 Å². The van der Waals surface area contributed by atoms with E-state index >= 15 is 0 Å². The van der Waals surface area contributed by atoms with Crippen molar-refractivity contribution < 1.29 is 23.2 Å². The highest BCUT2D eigenvalue weighted by molar-refractivity contribution is 6.08. The molecular weight excluding hydrogens is 412 g/mol. The zero-order valence-electron chi connectivity index (χ0n) is 17.6. The maximum atomic E-state index is 13.2. The fourth-order valence-corrected chi connectivity index (χ4v) is 3.82. The maximum absolute atomic E-state index is 13.2. The third-order valence-corrected chi connectivity index (χ3v) is 5.41. The Bertz CT molecular complexity index is 1030. The molecule has 0 radical (unpaired) electrons. The number of nitrogens with one attached hydrogen (secondary N) is 2. The van der Waals surface area contributed by atoms with Gasteiger partial charge in [0.25, 0.3) is 11.8 Å². The van der Waals surface area contributed by atoms with Gasteiger partial charge < -0.3 is 14.2 Å². The lowest BCUT2D eigenvalue weighted by Gasteiger charge is -2.26. The molecule has 32 heavy (non-hydrogen) atoms. The van der Waals surface area contributed by atoms with Crippen LogP contribution in [0.3, 0.4) is 0 Å². The first-order chi connectivity index (χ1) is 15.5. The van der Waals surface area contributed by atoms with Crippen molar-refractivity contribution in [2.24, 2.45) is 0 Å². The van der Waals surface area contributed by atoms with E-state index in [-0.39, 0.29) is 6.54 Å². The van der Waals surface area contributed by atoms with Crippen molar-refractivity contribution in [3.05, 3.63) is 84.2 Å². The van der Waals surface area contributed by atoms with E-state index in [2.05, 4.69) is 10.7 Å². The lowest BCUT2D eigenvalue weighted by atomic mass is 9.87. The molecule has 4 amide bonds. The lowest BCUT2D eigenvalue weighted by molar-refractivity contribution is -0.140. The Hall–Kier alpha value is -3.85. The third-order valence-electron chi connectivity index (χ3n) is 5.41. The van der Waals surface area contributed by atoms with Crippen LogP contribution in [0.4, 0.5) is 4.79 Å². The second-order valence-corrected chi connectivity index (χ2v) is 7.53. The summed E-state index contributed by atoms with van der Waals surface area (Å²) in [6.07, 6.45) is 3.46. The van der Waals surface area contributed by atoms with Gasteiger partial charge in [-0.05, 0) is 36.2 Å². The minimum atomic E-state index is -1.21. The Kier molecular flexibility index (Phi) is 6.09. The Morgan fingerprint density at radius 3 is 2.16 bits per heavy atom. The van der Waals surface area contributed by atoms with Gasteiger partial charge in [-0.1, -0.05) is 37.3 Å². The summed E-state index contributed by atoms with van der Waals surface area (Å²) in [4.78, 5) is 40.4. The summed E-state index contributed by atoms with van der Waals surface area (Å²) >= 11 is 0. The molecular formula is C23H24N4O5. The molecule has 1 aliphatic rings. The number of rotatable bonds is 9. The second kappa shape index (κ2) is 9.11. The van der Waals surface area contributed by atoms with Crippen LogP contribution >= 0.6 is 0 Å². The number of urea groups is 1. The van der Waals surface area contributed by atoms with Gasteiger partial charge in [0.05, 0.1) is 32.2 Å². The predicted octanol–water partition coefficient (Wildman–Crippen LogP) is 2.76. The molecule has 0 spiro atoms. The van der Waals surface area contributed by atoms with Crippen molar-refractivity contribution >= 4 is 17.8 Å². The van der Waals surface area contributed by atoms with Crippen LogP contribution < -0.4 is 10.7 Å². The fraction of sp³-hybridized carbons (Fsp3) is 0.261. The molecule has 0 aliphatic carbocycles. The summed E-state index contributed by atoms with van der Waals surface area (Å²) in [7, 11) is 0. The molecule has 0 saturated carbocycles.